The van der Waals surface area contributed by atoms with E-state index in [1.807, 2.05) is 0 Å². The third kappa shape index (κ3) is 4.63. The van der Waals surface area contributed by atoms with Gasteiger partial charge < -0.3 is 10.0 Å². The quantitative estimate of drug-likeness (QED) is 0.517. The lowest BCUT2D eigenvalue weighted by Gasteiger charge is -2.40. The number of pyridine rings is 1. The van der Waals surface area contributed by atoms with Gasteiger partial charge >= 0.3 is 0 Å². The number of nitrogens with zero attached hydrogens (tertiary/aromatic N) is 5. The van der Waals surface area contributed by atoms with Crippen LogP contribution in [0.4, 0.5) is 14.6 Å². The molecule has 2 aliphatic carbocycles. The molecule has 3 atom stereocenters. The first-order valence-corrected chi connectivity index (χ1v) is 12.2. The zero-order chi connectivity index (χ0) is 24.7. The summed E-state index contributed by atoms with van der Waals surface area (Å²) in [6, 6.07) is 7.32. The molecule has 35 heavy (non-hydrogen) atoms. The van der Waals surface area contributed by atoms with E-state index in [2.05, 4.69) is 27.0 Å². The normalized spacial score (nSPS) is 22.2. The first kappa shape index (κ1) is 23.4. The molecule has 0 aliphatic heterocycles. The standard InChI is InChI=1S/C26H29F2N5O2/c1-3-15-4-9-20(27)21(10-15)33(18-6-7-18)24-14-29-26(31-30-24)19-8-5-16(11-22(19)34)17-12-23(28)32(2)25(35)13-17/h5,8,11-15,18,20-21,34H,3-4,6-7,9-10H2,1-2H3/t15-,20+,21-/m1/s1. The van der Waals surface area contributed by atoms with Crippen molar-refractivity contribution >= 4 is 5.82 Å². The van der Waals surface area contributed by atoms with Crippen molar-refractivity contribution < 1.29 is 13.9 Å². The minimum Gasteiger partial charge on any atom is -0.507 e. The van der Waals surface area contributed by atoms with E-state index in [1.165, 1.54) is 25.2 Å². The lowest BCUT2D eigenvalue weighted by atomic mass is 9.82. The molecule has 0 bridgehead atoms. The van der Waals surface area contributed by atoms with Crippen LogP contribution in [0, 0.1) is 11.9 Å². The van der Waals surface area contributed by atoms with Crippen molar-refractivity contribution in [3.63, 3.8) is 0 Å². The molecule has 2 fully saturated rings. The Balaban J connectivity index is 1.41. The number of benzene rings is 1. The average Bonchev–Trinajstić information content (AvgIpc) is 3.69. The van der Waals surface area contributed by atoms with Crippen molar-refractivity contribution in [3.05, 3.63) is 52.8 Å². The number of hydrogen-bond donors (Lipinski definition) is 1. The Morgan fingerprint density at radius 2 is 1.91 bits per heavy atom. The summed E-state index contributed by atoms with van der Waals surface area (Å²) < 4.78 is 29.8. The molecule has 7 nitrogen and oxygen atoms in total. The molecule has 0 spiro atoms. The van der Waals surface area contributed by atoms with Gasteiger partial charge in [0.2, 0.25) is 0 Å². The van der Waals surface area contributed by atoms with Crippen LogP contribution in [0.5, 0.6) is 5.75 Å². The number of phenols is 1. The number of anilines is 1. The predicted molar refractivity (Wildman–Crippen MR) is 129 cm³/mol. The van der Waals surface area contributed by atoms with Crippen molar-refractivity contribution in [3.8, 4) is 28.3 Å². The molecular weight excluding hydrogens is 452 g/mol. The largest absolute Gasteiger partial charge is 0.507 e. The molecule has 3 aromatic rings. The summed E-state index contributed by atoms with van der Waals surface area (Å²) in [7, 11) is 1.35. The van der Waals surface area contributed by atoms with Gasteiger partial charge in [0.25, 0.3) is 5.56 Å². The number of hydrogen-bond acceptors (Lipinski definition) is 6. The fourth-order valence-corrected chi connectivity index (χ4v) is 5.01. The van der Waals surface area contributed by atoms with Crippen LogP contribution in [0.3, 0.4) is 0 Å². The maximum atomic E-state index is 14.9. The van der Waals surface area contributed by atoms with Gasteiger partial charge in [0.1, 0.15) is 11.9 Å². The molecule has 5 rings (SSSR count). The summed E-state index contributed by atoms with van der Waals surface area (Å²) in [5, 5.41) is 19.2. The van der Waals surface area contributed by atoms with Crippen LogP contribution >= 0.6 is 0 Å². The number of aromatic hydroxyl groups is 1. The van der Waals surface area contributed by atoms with Gasteiger partial charge in [-0.05, 0) is 67.3 Å². The van der Waals surface area contributed by atoms with E-state index in [9.17, 15) is 18.7 Å². The molecule has 2 aromatic heterocycles. The third-order valence-electron chi connectivity index (χ3n) is 7.31. The summed E-state index contributed by atoms with van der Waals surface area (Å²) in [5.74, 6) is 0.530. The van der Waals surface area contributed by atoms with E-state index < -0.39 is 17.7 Å². The van der Waals surface area contributed by atoms with Crippen LogP contribution in [0.25, 0.3) is 22.5 Å². The Bertz CT molecular complexity index is 1280. The lowest BCUT2D eigenvalue weighted by molar-refractivity contribution is 0.166. The van der Waals surface area contributed by atoms with Crippen LogP contribution in [-0.4, -0.2) is 43.1 Å². The van der Waals surface area contributed by atoms with Gasteiger partial charge in [-0.1, -0.05) is 19.4 Å². The van der Waals surface area contributed by atoms with E-state index in [4.69, 9.17) is 0 Å². The average molecular weight is 482 g/mol. The fraction of sp³-hybridized carbons (Fsp3) is 0.462. The second kappa shape index (κ2) is 9.36. The number of phenolic OH excluding ortho intramolecular Hbond substituents is 1. The van der Waals surface area contributed by atoms with Gasteiger partial charge in [-0.25, -0.2) is 9.37 Å². The first-order chi connectivity index (χ1) is 16.9. The topological polar surface area (TPSA) is 84.1 Å². The molecule has 0 saturated heterocycles. The molecule has 184 valence electrons. The zero-order valence-electron chi connectivity index (χ0n) is 19.9. The number of halogens is 2. The summed E-state index contributed by atoms with van der Waals surface area (Å²) >= 11 is 0. The smallest absolute Gasteiger partial charge is 0.253 e. The highest BCUT2D eigenvalue weighted by Gasteiger charge is 2.41. The summed E-state index contributed by atoms with van der Waals surface area (Å²) in [6.45, 7) is 2.16. The second-order valence-corrected chi connectivity index (χ2v) is 9.65. The maximum Gasteiger partial charge on any atom is 0.253 e. The van der Waals surface area contributed by atoms with E-state index in [1.54, 1.807) is 18.3 Å². The van der Waals surface area contributed by atoms with Crippen LogP contribution in [0.2, 0.25) is 0 Å². The number of aromatic nitrogens is 4. The molecule has 0 unspecified atom stereocenters. The van der Waals surface area contributed by atoms with E-state index in [-0.39, 0.29) is 23.7 Å². The van der Waals surface area contributed by atoms with Gasteiger partial charge in [-0.3, -0.25) is 9.36 Å². The predicted octanol–water partition coefficient (Wildman–Crippen LogP) is 4.63. The van der Waals surface area contributed by atoms with Crippen molar-refractivity contribution in [2.24, 2.45) is 13.0 Å². The Morgan fingerprint density at radius 3 is 2.54 bits per heavy atom. The van der Waals surface area contributed by atoms with Crippen molar-refractivity contribution in [1.29, 1.82) is 0 Å². The van der Waals surface area contributed by atoms with Gasteiger partial charge in [-0.15, -0.1) is 10.2 Å². The Hall–Kier alpha value is -3.36. The minimum absolute atomic E-state index is 0.112. The molecule has 1 N–H and O–H groups in total. The Labute approximate surface area is 202 Å². The summed E-state index contributed by atoms with van der Waals surface area (Å²) in [4.78, 5) is 18.4. The van der Waals surface area contributed by atoms with Gasteiger partial charge in [0.15, 0.2) is 17.6 Å². The van der Waals surface area contributed by atoms with E-state index in [0.717, 1.165) is 36.7 Å². The second-order valence-electron chi connectivity index (χ2n) is 9.65. The zero-order valence-corrected chi connectivity index (χ0v) is 19.9. The SMILES string of the molecule is CC[C@@H]1CC[C@H](F)[C@H](N(c2cnc(-c3ccc(-c4cc(F)n(C)c(=O)c4)cc3O)nn2)C2CC2)C1. The highest BCUT2D eigenvalue weighted by atomic mass is 19.1. The molecule has 0 radical (unpaired) electrons. The van der Waals surface area contributed by atoms with Crippen LogP contribution in [0.1, 0.15) is 45.4 Å². The van der Waals surface area contributed by atoms with Crippen molar-refractivity contribution in [2.75, 3.05) is 4.90 Å². The molecule has 0 amide bonds. The third-order valence-corrected chi connectivity index (χ3v) is 7.31. The van der Waals surface area contributed by atoms with Crippen molar-refractivity contribution in [2.45, 2.75) is 63.7 Å². The molecule has 9 heteroatoms. The Kier molecular flexibility index (Phi) is 6.25. The van der Waals surface area contributed by atoms with Gasteiger partial charge in [-0.2, -0.15) is 4.39 Å². The van der Waals surface area contributed by atoms with Crippen molar-refractivity contribution in [1.82, 2.24) is 19.7 Å². The minimum atomic E-state index is -0.892. The molecular formula is C26H29F2N5O2. The van der Waals surface area contributed by atoms with Gasteiger partial charge in [0.05, 0.1) is 17.8 Å². The highest BCUT2D eigenvalue weighted by Crippen LogP contribution is 2.40. The molecule has 2 aliphatic rings. The Morgan fingerprint density at radius 1 is 1.11 bits per heavy atom. The van der Waals surface area contributed by atoms with Gasteiger partial charge in [0, 0.05) is 19.2 Å². The summed E-state index contributed by atoms with van der Waals surface area (Å²) in [5.41, 5.74) is 0.734. The first-order valence-electron chi connectivity index (χ1n) is 12.2. The highest BCUT2D eigenvalue weighted by molar-refractivity contribution is 5.72. The maximum absolute atomic E-state index is 14.9. The fourth-order valence-electron chi connectivity index (χ4n) is 5.01. The van der Waals surface area contributed by atoms with Crippen LogP contribution in [0.15, 0.2) is 41.3 Å². The molecule has 1 aromatic carbocycles. The van der Waals surface area contributed by atoms with E-state index in [0.29, 0.717) is 34.8 Å². The van der Waals surface area contributed by atoms with E-state index >= 15 is 0 Å². The van der Waals surface area contributed by atoms with Crippen LogP contribution < -0.4 is 10.5 Å². The monoisotopic (exact) mass is 481 g/mol. The lowest BCUT2D eigenvalue weighted by Crippen LogP contribution is -2.47. The number of rotatable bonds is 6. The van der Waals surface area contributed by atoms with Crippen LogP contribution in [-0.2, 0) is 7.05 Å². The molecule has 2 saturated carbocycles. The molecule has 2 heterocycles. The number of alkyl halides is 1. The summed E-state index contributed by atoms with van der Waals surface area (Å²) in [6.07, 6.45) is 6.08.